The van der Waals surface area contributed by atoms with E-state index in [4.69, 9.17) is 22.1 Å². The van der Waals surface area contributed by atoms with Gasteiger partial charge in [0, 0.05) is 17.6 Å². The van der Waals surface area contributed by atoms with Crippen molar-refractivity contribution in [1.29, 1.82) is 0 Å². The van der Waals surface area contributed by atoms with E-state index in [1.54, 1.807) is 0 Å². The standard InChI is InChI=1S/C15H22BrClN2O/c1-11(18)12-4-6-19(7-5-12)8-9-20-15-3-2-13(17)10-14(15)16/h2-3,10-12H,4-9,18H2,1H3. The number of hydrogen-bond acceptors (Lipinski definition) is 3. The smallest absolute Gasteiger partial charge is 0.133 e. The van der Waals surface area contributed by atoms with E-state index in [0.29, 0.717) is 23.6 Å². The van der Waals surface area contributed by atoms with Crippen molar-refractivity contribution in [3.05, 3.63) is 27.7 Å². The first-order valence-electron chi connectivity index (χ1n) is 7.12. The first-order chi connectivity index (χ1) is 9.56. The third-order valence-electron chi connectivity index (χ3n) is 3.93. The normalized spacial score (nSPS) is 19.0. The van der Waals surface area contributed by atoms with E-state index in [-0.39, 0.29) is 0 Å². The van der Waals surface area contributed by atoms with Crippen molar-refractivity contribution >= 4 is 27.5 Å². The van der Waals surface area contributed by atoms with E-state index < -0.39 is 0 Å². The second kappa shape index (κ2) is 7.64. The molecule has 0 spiro atoms. The minimum atomic E-state index is 0.318. The van der Waals surface area contributed by atoms with Crippen molar-refractivity contribution < 1.29 is 4.74 Å². The van der Waals surface area contributed by atoms with Crippen LogP contribution >= 0.6 is 27.5 Å². The van der Waals surface area contributed by atoms with Crippen LogP contribution < -0.4 is 10.5 Å². The number of nitrogens with two attached hydrogens (primary N) is 1. The Morgan fingerprint density at radius 2 is 2.15 bits per heavy atom. The summed E-state index contributed by atoms with van der Waals surface area (Å²) in [4.78, 5) is 2.45. The lowest BCUT2D eigenvalue weighted by Crippen LogP contribution is -2.41. The molecule has 2 rings (SSSR count). The third kappa shape index (κ3) is 4.62. The molecule has 2 N–H and O–H groups in total. The molecule has 0 aromatic heterocycles. The van der Waals surface area contributed by atoms with Gasteiger partial charge in [0.25, 0.3) is 0 Å². The summed E-state index contributed by atoms with van der Waals surface area (Å²) >= 11 is 9.37. The Kier molecular flexibility index (Phi) is 6.15. The molecule has 1 aromatic carbocycles. The fourth-order valence-corrected chi connectivity index (χ4v) is 3.38. The summed E-state index contributed by atoms with van der Waals surface area (Å²) < 4.78 is 6.70. The minimum Gasteiger partial charge on any atom is -0.491 e. The zero-order valence-corrected chi connectivity index (χ0v) is 14.2. The van der Waals surface area contributed by atoms with Crippen LogP contribution in [-0.4, -0.2) is 37.2 Å². The van der Waals surface area contributed by atoms with Gasteiger partial charge in [0.15, 0.2) is 0 Å². The number of benzene rings is 1. The van der Waals surface area contributed by atoms with Gasteiger partial charge in [-0.2, -0.15) is 0 Å². The van der Waals surface area contributed by atoms with Crippen molar-refractivity contribution in [1.82, 2.24) is 4.90 Å². The van der Waals surface area contributed by atoms with Gasteiger partial charge in [-0.15, -0.1) is 0 Å². The Hall–Kier alpha value is -0.290. The molecule has 0 saturated carbocycles. The molecular formula is C15H22BrClN2O. The maximum Gasteiger partial charge on any atom is 0.133 e. The van der Waals surface area contributed by atoms with Crippen LogP contribution in [0.3, 0.4) is 0 Å². The Morgan fingerprint density at radius 1 is 1.45 bits per heavy atom. The van der Waals surface area contributed by atoms with Crippen molar-refractivity contribution in [3.8, 4) is 5.75 Å². The maximum absolute atomic E-state index is 5.96. The van der Waals surface area contributed by atoms with E-state index in [2.05, 4.69) is 27.8 Å². The fraction of sp³-hybridized carbons (Fsp3) is 0.600. The zero-order chi connectivity index (χ0) is 14.5. The number of ether oxygens (including phenoxy) is 1. The molecule has 5 heteroatoms. The molecule has 1 saturated heterocycles. The Morgan fingerprint density at radius 3 is 2.75 bits per heavy atom. The molecule has 1 aromatic rings. The highest BCUT2D eigenvalue weighted by Gasteiger charge is 2.21. The SMILES string of the molecule is CC(N)C1CCN(CCOc2ccc(Cl)cc2Br)CC1. The van der Waals surface area contributed by atoms with Crippen molar-refractivity contribution in [2.75, 3.05) is 26.2 Å². The van der Waals surface area contributed by atoms with Crippen LogP contribution in [0, 0.1) is 5.92 Å². The number of hydrogen-bond donors (Lipinski definition) is 1. The maximum atomic E-state index is 5.96. The summed E-state index contributed by atoms with van der Waals surface area (Å²) in [6.07, 6.45) is 2.39. The number of piperidine rings is 1. The fourth-order valence-electron chi connectivity index (χ4n) is 2.58. The highest BCUT2D eigenvalue weighted by atomic mass is 79.9. The van der Waals surface area contributed by atoms with Crippen molar-refractivity contribution in [2.45, 2.75) is 25.8 Å². The second-order valence-electron chi connectivity index (χ2n) is 5.46. The number of halogens is 2. The summed E-state index contributed by atoms with van der Waals surface area (Å²) in [6, 6.07) is 5.91. The molecule has 0 amide bonds. The Labute approximate surface area is 134 Å². The van der Waals surface area contributed by atoms with Crippen LogP contribution in [0.25, 0.3) is 0 Å². The third-order valence-corrected chi connectivity index (χ3v) is 4.79. The summed E-state index contributed by atoms with van der Waals surface area (Å²) in [7, 11) is 0. The van der Waals surface area contributed by atoms with Gasteiger partial charge in [0.05, 0.1) is 4.47 Å². The molecule has 1 aliphatic heterocycles. The van der Waals surface area contributed by atoms with Gasteiger partial charge in [0.1, 0.15) is 12.4 Å². The lowest BCUT2D eigenvalue weighted by Gasteiger charge is -2.33. The van der Waals surface area contributed by atoms with Gasteiger partial charge in [0.2, 0.25) is 0 Å². The van der Waals surface area contributed by atoms with E-state index in [9.17, 15) is 0 Å². The molecule has 112 valence electrons. The largest absolute Gasteiger partial charge is 0.491 e. The summed E-state index contributed by atoms with van der Waals surface area (Å²) in [5, 5.41) is 0.710. The average molecular weight is 362 g/mol. The lowest BCUT2D eigenvalue weighted by molar-refractivity contribution is 0.146. The van der Waals surface area contributed by atoms with Crippen LogP contribution in [0.4, 0.5) is 0 Å². The minimum absolute atomic E-state index is 0.318. The predicted molar refractivity (Wildman–Crippen MR) is 87.5 cm³/mol. The van der Waals surface area contributed by atoms with E-state index >= 15 is 0 Å². The lowest BCUT2D eigenvalue weighted by atomic mass is 9.91. The van der Waals surface area contributed by atoms with E-state index in [0.717, 1.165) is 29.9 Å². The van der Waals surface area contributed by atoms with Crippen LogP contribution in [-0.2, 0) is 0 Å². The van der Waals surface area contributed by atoms with E-state index in [1.165, 1.54) is 12.8 Å². The van der Waals surface area contributed by atoms with Gasteiger partial charge < -0.3 is 10.5 Å². The van der Waals surface area contributed by atoms with Gasteiger partial charge in [-0.05, 0) is 72.9 Å². The highest BCUT2D eigenvalue weighted by Crippen LogP contribution is 2.28. The molecule has 1 fully saturated rings. The first-order valence-corrected chi connectivity index (χ1v) is 8.29. The number of rotatable bonds is 5. The van der Waals surface area contributed by atoms with E-state index in [1.807, 2.05) is 18.2 Å². The molecule has 1 atom stereocenters. The molecule has 0 bridgehead atoms. The summed E-state index contributed by atoms with van der Waals surface area (Å²) in [5.41, 5.74) is 5.96. The molecule has 1 unspecified atom stereocenters. The summed E-state index contributed by atoms with van der Waals surface area (Å²) in [5.74, 6) is 1.53. The summed E-state index contributed by atoms with van der Waals surface area (Å²) in [6.45, 7) is 6.01. The Balaban J connectivity index is 1.71. The molecule has 0 aliphatic carbocycles. The molecular weight excluding hydrogens is 340 g/mol. The van der Waals surface area contributed by atoms with Gasteiger partial charge in [-0.1, -0.05) is 11.6 Å². The number of nitrogens with zero attached hydrogens (tertiary/aromatic N) is 1. The first kappa shape index (κ1) is 16.1. The zero-order valence-electron chi connectivity index (χ0n) is 11.8. The molecule has 3 nitrogen and oxygen atoms in total. The second-order valence-corrected chi connectivity index (χ2v) is 6.75. The molecule has 1 heterocycles. The van der Waals surface area contributed by atoms with Crippen LogP contribution in [0.5, 0.6) is 5.75 Å². The quantitative estimate of drug-likeness (QED) is 0.872. The van der Waals surface area contributed by atoms with Gasteiger partial charge in [-0.3, -0.25) is 4.90 Å². The van der Waals surface area contributed by atoms with Gasteiger partial charge >= 0.3 is 0 Å². The van der Waals surface area contributed by atoms with Gasteiger partial charge in [-0.25, -0.2) is 0 Å². The van der Waals surface area contributed by atoms with Crippen LogP contribution in [0.15, 0.2) is 22.7 Å². The molecule has 0 radical (unpaired) electrons. The average Bonchev–Trinajstić information content (AvgIpc) is 2.42. The molecule has 1 aliphatic rings. The highest BCUT2D eigenvalue weighted by molar-refractivity contribution is 9.10. The van der Waals surface area contributed by atoms with Crippen molar-refractivity contribution in [2.24, 2.45) is 11.7 Å². The Bertz CT molecular complexity index is 434. The van der Waals surface area contributed by atoms with Crippen LogP contribution in [0.1, 0.15) is 19.8 Å². The molecule has 20 heavy (non-hydrogen) atoms. The predicted octanol–water partition coefficient (Wildman–Crippen LogP) is 3.54. The number of likely N-dealkylation sites (tertiary alicyclic amines) is 1. The monoisotopic (exact) mass is 360 g/mol. The van der Waals surface area contributed by atoms with Crippen LogP contribution in [0.2, 0.25) is 5.02 Å². The topological polar surface area (TPSA) is 38.5 Å². The van der Waals surface area contributed by atoms with Crippen molar-refractivity contribution in [3.63, 3.8) is 0 Å².